The van der Waals surface area contributed by atoms with Crippen molar-refractivity contribution in [2.24, 2.45) is 0 Å². The summed E-state index contributed by atoms with van der Waals surface area (Å²) in [5.74, 6) is -1.39. The first-order valence-corrected chi connectivity index (χ1v) is 11.5. The molecule has 2 fully saturated rings. The van der Waals surface area contributed by atoms with Gasteiger partial charge in [-0.25, -0.2) is 4.39 Å². The molecule has 8 heteroatoms. The zero-order valence-corrected chi connectivity index (χ0v) is 18.4. The Morgan fingerprint density at radius 1 is 0.939 bits per heavy atom. The molecule has 178 valence electrons. The van der Waals surface area contributed by atoms with E-state index in [4.69, 9.17) is 0 Å². The van der Waals surface area contributed by atoms with Crippen LogP contribution in [-0.4, -0.2) is 54.3 Å². The van der Waals surface area contributed by atoms with Crippen LogP contribution >= 0.6 is 0 Å². The van der Waals surface area contributed by atoms with E-state index < -0.39 is 12.2 Å². The van der Waals surface area contributed by atoms with Crippen LogP contribution in [0.4, 0.5) is 17.6 Å². The molecular weight excluding hydrogens is 436 g/mol. The van der Waals surface area contributed by atoms with Crippen LogP contribution in [0.2, 0.25) is 0 Å². The molecule has 2 aliphatic heterocycles. The molecule has 2 aliphatic rings. The van der Waals surface area contributed by atoms with E-state index in [-0.39, 0.29) is 23.3 Å². The Hall–Kier alpha value is -2.61. The summed E-state index contributed by atoms with van der Waals surface area (Å²) in [6, 6.07) is 9.60. The van der Waals surface area contributed by atoms with Crippen molar-refractivity contribution in [1.29, 1.82) is 0 Å². The Bertz CT molecular complexity index is 971. The number of likely N-dealkylation sites (tertiary alicyclic amines) is 2. The van der Waals surface area contributed by atoms with E-state index in [1.165, 1.54) is 56.0 Å². The van der Waals surface area contributed by atoms with Crippen molar-refractivity contribution in [1.82, 2.24) is 9.80 Å². The molecule has 0 spiro atoms. The van der Waals surface area contributed by atoms with Crippen LogP contribution in [0.25, 0.3) is 11.1 Å². The van der Waals surface area contributed by atoms with Gasteiger partial charge in [-0.1, -0.05) is 31.0 Å². The average Bonchev–Trinajstić information content (AvgIpc) is 3.06. The van der Waals surface area contributed by atoms with Crippen molar-refractivity contribution in [2.75, 3.05) is 26.2 Å². The van der Waals surface area contributed by atoms with E-state index in [1.807, 2.05) is 0 Å². The van der Waals surface area contributed by atoms with Crippen LogP contribution in [0, 0.1) is 5.82 Å². The SMILES string of the molecule is O=C(c1ccc(-c2cccc(OC(F)(F)F)c2)cc1F)N1CCCC1CN1CCCCCC1. The highest BCUT2D eigenvalue weighted by Crippen LogP contribution is 2.30. The Labute approximate surface area is 191 Å². The number of hydrogen-bond acceptors (Lipinski definition) is 3. The van der Waals surface area contributed by atoms with Crippen molar-refractivity contribution < 1.29 is 27.1 Å². The number of halogens is 4. The van der Waals surface area contributed by atoms with Crippen LogP contribution < -0.4 is 4.74 Å². The molecular formula is C25H28F4N2O2. The largest absolute Gasteiger partial charge is 0.573 e. The highest BCUT2D eigenvalue weighted by atomic mass is 19.4. The van der Waals surface area contributed by atoms with Gasteiger partial charge >= 0.3 is 6.36 Å². The van der Waals surface area contributed by atoms with Gasteiger partial charge in [0.1, 0.15) is 11.6 Å². The standard InChI is InChI=1S/C25H28F4N2O2/c26-23-16-19(18-7-5-9-21(15-18)33-25(27,28)29)10-11-22(23)24(32)31-14-6-8-20(31)17-30-12-3-1-2-4-13-30/h5,7,9-11,15-16,20H,1-4,6,8,12-14,17H2. The highest BCUT2D eigenvalue weighted by molar-refractivity contribution is 5.95. The molecule has 0 saturated carbocycles. The van der Waals surface area contributed by atoms with Gasteiger partial charge in [0.05, 0.1) is 5.56 Å². The fourth-order valence-electron chi connectivity index (χ4n) is 4.81. The second kappa shape index (κ2) is 10.1. The third-order valence-electron chi connectivity index (χ3n) is 6.41. The van der Waals surface area contributed by atoms with Crippen molar-refractivity contribution >= 4 is 5.91 Å². The summed E-state index contributed by atoms with van der Waals surface area (Å²) >= 11 is 0. The molecule has 0 aromatic heterocycles. The van der Waals surface area contributed by atoms with Crippen LogP contribution in [0.5, 0.6) is 5.75 Å². The normalized spacial score (nSPS) is 20.0. The minimum absolute atomic E-state index is 0.00999. The first kappa shape index (κ1) is 23.5. The lowest BCUT2D eigenvalue weighted by atomic mass is 10.0. The molecule has 1 atom stereocenters. The van der Waals surface area contributed by atoms with Gasteiger partial charge in [0.2, 0.25) is 0 Å². The Kier molecular flexibility index (Phi) is 7.22. The summed E-state index contributed by atoms with van der Waals surface area (Å²) in [5, 5.41) is 0. The van der Waals surface area contributed by atoms with Gasteiger partial charge < -0.3 is 14.5 Å². The summed E-state index contributed by atoms with van der Waals surface area (Å²) in [6.45, 7) is 3.50. The van der Waals surface area contributed by atoms with E-state index in [0.29, 0.717) is 17.7 Å². The van der Waals surface area contributed by atoms with E-state index >= 15 is 0 Å². The zero-order valence-electron chi connectivity index (χ0n) is 18.4. The molecule has 2 heterocycles. The van der Waals surface area contributed by atoms with Crippen molar-refractivity contribution in [3.63, 3.8) is 0 Å². The summed E-state index contributed by atoms with van der Waals surface area (Å²) in [6.07, 6.45) is 1.83. The number of amides is 1. The number of rotatable bonds is 5. The molecule has 0 N–H and O–H groups in total. The summed E-state index contributed by atoms with van der Waals surface area (Å²) in [4.78, 5) is 17.4. The lowest BCUT2D eigenvalue weighted by Crippen LogP contribution is -2.43. The first-order valence-electron chi connectivity index (χ1n) is 11.5. The quantitative estimate of drug-likeness (QED) is 0.519. The van der Waals surface area contributed by atoms with E-state index in [0.717, 1.165) is 32.5 Å². The molecule has 0 aliphatic carbocycles. The van der Waals surface area contributed by atoms with Crippen LogP contribution in [0.15, 0.2) is 42.5 Å². The molecule has 33 heavy (non-hydrogen) atoms. The number of carbonyl (C=O) groups excluding carboxylic acids is 1. The van der Waals surface area contributed by atoms with Crippen molar-refractivity contribution in [3.8, 4) is 16.9 Å². The van der Waals surface area contributed by atoms with Gasteiger partial charge in [0, 0.05) is 19.1 Å². The fraction of sp³-hybridized carbons (Fsp3) is 0.480. The summed E-state index contributed by atoms with van der Waals surface area (Å²) in [7, 11) is 0. The van der Waals surface area contributed by atoms with E-state index in [9.17, 15) is 22.4 Å². The van der Waals surface area contributed by atoms with Gasteiger partial charge in [0.25, 0.3) is 5.91 Å². The number of hydrogen-bond donors (Lipinski definition) is 0. The maximum atomic E-state index is 15.0. The Morgan fingerprint density at radius 3 is 2.36 bits per heavy atom. The molecule has 0 radical (unpaired) electrons. The van der Waals surface area contributed by atoms with E-state index in [1.54, 1.807) is 17.0 Å². The number of carbonyl (C=O) groups is 1. The lowest BCUT2D eigenvalue weighted by molar-refractivity contribution is -0.274. The minimum atomic E-state index is -4.81. The summed E-state index contributed by atoms with van der Waals surface area (Å²) in [5.41, 5.74) is 0.735. The minimum Gasteiger partial charge on any atom is -0.406 e. The zero-order chi connectivity index (χ0) is 23.4. The predicted octanol–water partition coefficient (Wildman–Crippen LogP) is 5.87. The van der Waals surface area contributed by atoms with Crippen molar-refractivity contribution in [3.05, 3.63) is 53.8 Å². The third-order valence-corrected chi connectivity index (χ3v) is 6.41. The monoisotopic (exact) mass is 464 g/mol. The smallest absolute Gasteiger partial charge is 0.406 e. The molecule has 2 saturated heterocycles. The second-order valence-electron chi connectivity index (χ2n) is 8.78. The maximum Gasteiger partial charge on any atom is 0.573 e. The molecule has 0 bridgehead atoms. The first-order chi connectivity index (χ1) is 15.8. The van der Waals surface area contributed by atoms with Crippen molar-refractivity contribution in [2.45, 2.75) is 50.9 Å². The Balaban J connectivity index is 1.48. The molecule has 4 nitrogen and oxygen atoms in total. The summed E-state index contributed by atoms with van der Waals surface area (Å²) < 4.78 is 56.4. The maximum absolute atomic E-state index is 15.0. The number of ether oxygens (including phenoxy) is 1. The van der Waals surface area contributed by atoms with Crippen LogP contribution in [0.1, 0.15) is 48.9 Å². The van der Waals surface area contributed by atoms with Gasteiger partial charge in [0.15, 0.2) is 0 Å². The number of benzene rings is 2. The lowest BCUT2D eigenvalue weighted by Gasteiger charge is -2.30. The number of nitrogens with zero attached hydrogens (tertiary/aromatic N) is 2. The van der Waals surface area contributed by atoms with Gasteiger partial charge in [-0.05, 0) is 74.2 Å². The van der Waals surface area contributed by atoms with Gasteiger partial charge in [-0.3, -0.25) is 4.79 Å². The molecule has 4 rings (SSSR count). The molecule has 2 aromatic carbocycles. The van der Waals surface area contributed by atoms with Crippen LogP contribution in [-0.2, 0) is 0 Å². The predicted molar refractivity (Wildman–Crippen MR) is 117 cm³/mol. The molecule has 2 aromatic rings. The fourth-order valence-corrected chi connectivity index (χ4v) is 4.81. The topological polar surface area (TPSA) is 32.8 Å². The average molecular weight is 465 g/mol. The van der Waals surface area contributed by atoms with Crippen LogP contribution in [0.3, 0.4) is 0 Å². The Morgan fingerprint density at radius 2 is 1.67 bits per heavy atom. The highest BCUT2D eigenvalue weighted by Gasteiger charge is 2.33. The van der Waals surface area contributed by atoms with Gasteiger partial charge in [-0.2, -0.15) is 0 Å². The second-order valence-corrected chi connectivity index (χ2v) is 8.78. The third kappa shape index (κ3) is 6.05. The van der Waals surface area contributed by atoms with Gasteiger partial charge in [-0.15, -0.1) is 13.2 Å². The molecule has 1 unspecified atom stereocenters. The van der Waals surface area contributed by atoms with E-state index in [2.05, 4.69) is 9.64 Å². The molecule has 1 amide bonds. The number of alkyl halides is 3.